The summed E-state index contributed by atoms with van der Waals surface area (Å²) in [5.41, 5.74) is 3.00. The minimum Gasteiger partial charge on any atom is -0.350 e. The van der Waals surface area contributed by atoms with Gasteiger partial charge in [0.1, 0.15) is 5.82 Å². The molecule has 1 nitrogen and oxygen atoms in total. The second kappa shape index (κ2) is 3.74. The zero-order chi connectivity index (χ0) is 11.8. The first kappa shape index (κ1) is 10.1. The van der Waals surface area contributed by atoms with Crippen molar-refractivity contribution >= 4 is 10.9 Å². The first-order valence-corrected chi connectivity index (χ1v) is 5.47. The van der Waals surface area contributed by atoms with Gasteiger partial charge in [0.15, 0.2) is 0 Å². The molecule has 83 valence electrons. The van der Waals surface area contributed by atoms with E-state index < -0.39 is 0 Å². The Bertz CT molecular complexity index is 682. The highest BCUT2D eigenvalue weighted by Crippen LogP contribution is 2.28. The topological polar surface area (TPSA) is 4.93 Å². The van der Waals surface area contributed by atoms with Crippen molar-refractivity contribution in [3.8, 4) is 11.1 Å². The SMILES string of the molecule is Cn1ccc2c[c]cc(-c3cccc(F)c3)c21. The third kappa shape index (κ3) is 1.62. The van der Waals surface area contributed by atoms with Gasteiger partial charge < -0.3 is 4.57 Å². The van der Waals surface area contributed by atoms with Crippen LogP contribution in [0.5, 0.6) is 0 Å². The van der Waals surface area contributed by atoms with Gasteiger partial charge in [-0.2, -0.15) is 0 Å². The van der Waals surface area contributed by atoms with Gasteiger partial charge in [0, 0.05) is 24.2 Å². The van der Waals surface area contributed by atoms with Gasteiger partial charge in [0.25, 0.3) is 0 Å². The third-order valence-corrected chi connectivity index (χ3v) is 2.96. The van der Waals surface area contributed by atoms with Gasteiger partial charge in [0.05, 0.1) is 5.52 Å². The predicted molar refractivity (Wildman–Crippen MR) is 67.1 cm³/mol. The molecule has 1 heterocycles. The van der Waals surface area contributed by atoms with E-state index >= 15 is 0 Å². The van der Waals surface area contributed by atoms with E-state index in [0.29, 0.717) is 0 Å². The normalized spacial score (nSPS) is 10.9. The monoisotopic (exact) mass is 224 g/mol. The summed E-state index contributed by atoms with van der Waals surface area (Å²) in [4.78, 5) is 0. The van der Waals surface area contributed by atoms with Crippen LogP contribution in [0.3, 0.4) is 0 Å². The Hall–Kier alpha value is -2.09. The second-order valence-corrected chi connectivity index (χ2v) is 4.11. The standard InChI is InChI=1S/C15H11FN/c1-17-9-8-11-4-3-7-14(15(11)17)12-5-2-6-13(16)10-12/h2,4-10H,1H3. The Morgan fingerprint density at radius 3 is 2.88 bits per heavy atom. The summed E-state index contributed by atoms with van der Waals surface area (Å²) in [5.74, 6) is -0.214. The van der Waals surface area contributed by atoms with E-state index in [4.69, 9.17) is 0 Å². The molecule has 2 heteroatoms. The van der Waals surface area contributed by atoms with Crippen LogP contribution < -0.4 is 0 Å². The average Bonchev–Trinajstić information content (AvgIpc) is 2.71. The van der Waals surface area contributed by atoms with E-state index in [-0.39, 0.29) is 5.82 Å². The molecule has 3 rings (SSSR count). The Kier molecular flexibility index (Phi) is 2.22. The van der Waals surface area contributed by atoms with Crippen LogP contribution in [0.1, 0.15) is 0 Å². The summed E-state index contributed by atoms with van der Waals surface area (Å²) in [6, 6.07) is 15.6. The summed E-state index contributed by atoms with van der Waals surface area (Å²) >= 11 is 0. The Morgan fingerprint density at radius 2 is 2.06 bits per heavy atom. The van der Waals surface area contributed by atoms with Crippen LogP contribution in [-0.4, -0.2) is 4.57 Å². The van der Waals surface area contributed by atoms with Gasteiger partial charge in [-0.25, -0.2) is 4.39 Å². The molecule has 17 heavy (non-hydrogen) atoms. The van der Waals surface area contributed by atoms with Crippen molar-refractivity contribution in [3.05, 3.63) is 60.5 Å². The van der Waals surface area contributed by atoms with Crippen LogP contribution in [0.2, 0.25) is 0 Å². The number of nitrogens with zero attached hydrogens (tertiary/aromatic N) is 1. The van der Waals surface area contributed by atoms with Crippen molar-refractivity contribution in [2.45, 2.75) is 0 Å². The molecule has 0 saturated heterocycles. The Labute approximate surface area is 99.1 Å². The van der Waals surface area contributed by atoms with Gasteiger partial charge in [-0.05, 0) is 42.0 Å². The summed E-state index contributed by atoms with van der Waals surface area (Å²) in [6.45, 7) is 0. The van der Waals surface area contributed by atoms with E-state index in [2.05, 4.69) is 6.07 Å². The number of benzene rings is 2. The second-order valence-electron chi connectivity index (χ2n) is 4.11. The minimum atomic E-state index is -0.214. The summed E-state index contributed by atoms with van der Waals surface area (Å²) in [5, 5.41) is 1.12. The number of fused-ring (bicyclic) bond motifs is 1. The zero-order valence-electron chi connectivity index (χ0n) is 9.44. The lowest BCUT2D eigenvalue weighted by Crippen LogP contribution is -1.88. The molecule has 1 radical (unpaired) electrons. The highest BCUT2D eigenvalue weighted by Gasteiger charge is 2.07. The number of rotatable bonds is 1. The molecule has 0 N–H and O–H groups in total. The molecule has 0 atom stereocenters. The lowest BCUT2D eigenvalue weighted by atomic mass is 10.0. The van der Waals surface area contributed by atoms with Gasteiger partial charge in [-0.15, -0.1) is 0 Å². The number of hydrogen-bond acceptors (Lipinski definition) is 0. The minimum absolute atomic E-state index is 0.214. The molecule has 0 fully saturated rings. The van der Waals surface area contributed by atoms with E-state index in [9.17, 15) is 4.39 Å². The van der Waals surface area contributed by atoms with Crippen LogP contribution >= 0.6 is 0 Å². The summed E-state index contributed by atoms with van der Waals surface area (Å²) in [7, 11) is 1.99. The maximum atomic E-state index is 13.3. The maximum absolute atomic E-state index is 13.3. The van der Waals surface area contributed by atoms with Crippen LogP contribution in [0.15, 0.2) is 48.7 Å². The molecule has 2 aromatic carbocycles. The average molecular weight is 224 g/mol. The number of aromatic nitrogens is 1. The highest BCUT2D eigenvalue weighted by molar-refractivity contribution is 5.94. The number of aryl methyl sites for hydroxylation is 1. The van der Waals surface area contributed by atoms with Crippen LogP contribution in [0.25, 0.3) is 22.0 Å². The van der Waals surface area contributed by atoms with Gasteiger partial charge in [0.2, 0.25) is 0 Å². The first-order valence-electron chi connectivity index (χ1n) is 5.47. The van der Waals surface area contributed by atoms with Crippen molar-refractivity contribution in [1.29, 1.82) is 0 Å². The van der Waals surface area contributed by atoms with Crippen LogP contribution in [0, 0.1) is 11.9 Å². The third-order valence-electron chi connectivity index (χ3n) is 2.96. The quantitative estimate of drug-likeness (QED) is 0.592. The molecule has 0 saturated carbocycles. The summed E-state index contributed by atoms with van der Waals surface area (Å²) in [6.07, 6.45) is 2.00. The van der Waals surface area contributed by atoms with Crippen LogP contribution in [-0.2, 0) is 7.05 Å². The Morgan fingerprint density at radius 1 is 1.18 bits per heavy atom. The summed E-state index contributed by atoms with van der Waals surface area (Å²) < 4.78 is 15.3. The van der Waals surface area contributed by atoms with E-state index in [1.54, 1.807) is 12.1 Å². The van der Waals surface area contributed by atoms with Gasteiger partial charge >= 0.3 is 0 Å². The molecule has 0 aliphatic heterocycles. The largest absolute Gasteiger partial charge is 0.350 e. The Balaban J connectivity index is 2.33. The van der Waals surface area contributed by atoms with Crippen molar-refractivity contribution in [1.82, 2.24) is 4.57 Å². The predicted octanol–water partition coefficient (Wildman–Crippen LogP) is 3.78. The molecule has 0 amide bonds. The molecule has 0 bridgehead atoms. The van der Waals surface area contributed by atoms with Gasteiger partial charge in [-0.3, -0.25) is 0 Å². The molecular formula is C15H11FN. The van der Waals surface area contributed by atoms with E-state index in [1.165, 1.54) is 6.07 Å². The lowest BCUT2D eigenvalue weighted by molar-refractivity contribution is 0.628. The number of halogens is 1. The molecule has 0 aliphatic rings. The van der Waals surface area contributed by atoms with Gasteiger partial charge in [-0.1, -0.05) is 12.1 Å². The molecule has 0 spiro atoms. The maximum Gasteiger partial charge on any atom is 0.123 e. The fraction of sp³-hybridized carbons (Fsp3) is 0.0667. The smallest absolute Gasteiger partial charge is 0.123 e. The molecule has 0 aliphatic carbocycles. The molecule has 0 unspecified atom stereocenters. The van der Waals surface area contributed by atoms with Crippen molar-refractivity contribution in [2.24, 2.45) is 7.05 Å². The lowest BCUT2D eigenvalue weighted by Gasteiger charge is -2.06. The van der Waals surface area contributed by atoms with Crippen molar-refractivity contribution < 1.29 is 4.39 Å². The molecule has 3 aromatic rings. The zero-order valence-corrected chi connectivity index (χ0v) is 9.44. The fourth-order valence-corrected chi connectivity index (χ4v) is 2.17. The fourth-order valence-electron chi connectivity index (χ4n) is 2.17. The first-order chi connectivity index (χ1) is 8.25. The molecular weight excluding hydrogens is 213 g/mol. The van der Waals surface area contributed by atoms with Crippen molar-refractivity contribution in [3.63, 3.8) is 0 Å². The highest BCUT2D eigenvalue weighted by atomic mass is 19.1. The van der Waals surface area contributed by atoms with Crippen LogP contribution in [0.4, 0.5) is 4.39 Å². The number of hydrogen-bond donors (Lipinski definition) is 0. The van der Waals surface area contributed by atoms with E-state index in [0.717, 1.165) is 22.0 Å². The van der Waals surface area contributed by atoms with E-state index in [1.807, 2.05) is 42.1 Å². The molecule has 1 aromatic heterocycles. The van der Waals surface area contributed by atoms with Crippen molar-refractivity contribution in [2.75, 3.05) is 0 Å².